The average molecular weight is 328 g/mol. The Morgan fingerprint density at radius 2 is 2.21 bits per heavy atom. The summed E-state index contributed by atoms with van der Waals surface area (Å²) in [7, 11) is 0. The first-order chi connectivity index (χ1) is 9.19. The van der Waals surface area contributed by atoms with Crippen molar-refractivity contribution in [2.24, 2.45) is 5.92 Å². The zero-order chi connectivity index (χ0) is 13.7. The molecule has 1 nitrogen and oxygen atoms in total. The Labute approximate surface area is 124 Å². The van der Waals surface area contributed by atoms with E-state index in [0.29, 0.717) is 6.04 Å². The predicted molar refractivity (Wildman–Crippen MR) is 81.8 cm³/mol. The fraction of sp³-hybridized carbons (Fsp3) is 0.625. The van der Waals surface area contributed by atoms with Crippen molar-refractivity contribution in [2.45, 2.75) is 51.5 Å². The quantitative estimate of drug-likeness (QED) is 0.766. The van der Waals surface area contributed by atoms with E-state index in [9.17, 15) is 4.39 Å². The Morgan fingerprint density at radius 3 is 2.79 bits per heavy atom. The van der Waals surface area contributed by atoms with Crippen LogP contribution in [-0.4, -0.2) is 12.6 Å². The van der Waals surface area contributed by atoms with Crippen molar-refractivity contribution >= 4 is 15.9 Å². The first kappa shape index (κ1) is 15.0. The second-order valence-electron chi connectivity index (χ2n) is 5.62. The van der Waals surface area contributed by atoms with E-state index in [4.69, 9.17) is 0 Å². The molecule has 0 radical (unpaired) electrons. The van der Waals surface area contributed by atoms with Crippen LogP contribution in [0, 0.1) is 11.7 Å². The van der Waals surface area contributed by atoms with Gasteiger partial charge in [0.2, 0.25) is 0 Å². The molecule has 1 unspecified atom stereocenters. The molecule has 2 rings (SSSR count). The third-order valence-corrected chi connectivity index (χ3v) is 4.75. The molecule has 1 N–H and O–H groups in total. The van der Waals surface area contributed by atoms with E-state index >= 15 is 0 Å². The highest BCUT2D eigenvalue weighted by molar-refractivity contribution is 9.10. The Bertz CT molecular complexity index is 404. The van der Waals surface area contributed by atoms with Crippen molar-refractivity contribution in [3.63, 3.8) is 0 Å². The van der Waals surface area contributed by atoms with Crippen LogP contribution in [0.1, 0.15) is 44.6 Å². The number of nitrogens with one attached hydrogen (secondary N) is 1. The molecule has 0 saturated heterocycles. The molecule has 0 bridgehead atoms. The van der Waals surface area contributed by atoms with Crippen molar-refractivity contribution in [3.8, 4) is 0 Å². The molecule has 1 fully saturated rings. The minimum absolute atomic E-state index is 0.173. The fourth-order valence-corrected chi connectivity index (χ4v) is 3.18. The molecule has 3 heteroatoms. The van der Waals surface area contributed by atoms with Gasteiger partial charge in [-0.25, -0.2) is 4.39 Å². The van der Waals surface area contributed by atoms with Crippen LogP contribution >= 0.6 is 15.9 Å². The van der Waals surface area contributed by atoms with E-state index in [1.54, 1.807) is 12.1 Å². The van der Waals surface area contributed by atoms with Crippen LogP contribution in [0.25, 0.3) is 0 Å². The molecule has 1 aliphatic carbocycles. The minimum Gasteiger partial charge on any atom is -0.314 e. The van der Waals surface area contributed by atoms with Crippen molar-refractivity contribution < 1.29 is 4.39 Å². The van der Waals surface area contributed by atoms with Gasteiger partial charge in [-0.3, -0.25) is 0 Å². The van der Waals surface area contributed by atoms with Crippen LogP contribution in [0.5, 0.6) is 0 Å². The maximum Gasteiger partial charge on any atom is 0.124 e. The summed E-state index contributed by atoms with van der Waals surface area (Å²) < 4.78 is 14.0. The predicted octanol–water partition coefficient (Wildman–Crippen LogP) is 4.69. The summed E-state index contributed by atoms with van der Waals surface area (Å²) in [5, 5.41) is 3.64. The SMILES string of the molecule is CCCNC(Cc1ccc(F)cc1Br)CC1CCC1. The molecule has 19 heavy (non-hydrogen) atoms. The van der Waals surface area contributed by atoms with Gasteiger partial charge in [-0.2, -0.15) is 0 Å². The summed E-state index contributed by atoms with van der Waals surface area (Å²) >= 11 is 3.47. The zero-order valence-corrected chi connectivity index (χ0v) is 13.2. The molecule has 0 amide bonds. The highest BCUT2D eigenvalue weighted by Gasteiger charge is 2.22. The van der Waals surface area contributed by atoms with E-state index in [-0.39, 0.29) is 5.82 Å². The van der Waals surface area contributed by atoms with Crippen molar-refractivity contribution in [3.05, 3.63) is 34.1 Å². The Hall–Kier alpha value is -0.410. The summed E-state index contributed by atoms with van der Waals surface area (Å²) in [6, 6.07) is 5.54. The molecule has 0 spiro atoms. The van der Waals surface area contributed by atoms with Crippen molar-refractivity contribution in [2.75, 3.05) is 6.54 Å². The van der Waals surface area contributed by atoms with Gasteiger partial charge in [-0.1, -0.05) is 48.2 Å². The third kappa shape index (κ3) is 4.57. The van der Waals surface area contributed by atoms with Gasteiger partial charge in [0.05, 0.1) is 0 Å². The van der Waals surface area contributed by atoms with Gasteiger partial charge in [0, 0.05) is 10.5 Å². The van der Waals surface area contributed by atoms with Gasteiger partial charge in [0.1, 0.15) is 5.82 Å². The first-order valence-corrected chi connectivity index (χ1v) is 8.15. The summed E-state index contributed by atoms with van der Waals surface area (Å²) in [5.74, 6) is 0.723. The summed E-state index contributed by atoms with van der Waals surface area (Å²) in [6.45, 7) is 3.26. The maximum atomic E-state index is 13.1. The Balaban J connectivity index is 1.96. The minimum atomic E-state index is -0.173. The van der Waals surface area contributed by atoms with Gasteiger partial charge in [0.15, 0.2) is 0 Å². The molecule has 0 aliphatic heterocycles. The van der Waals surface area contributed by atoms with E-state index < -0.39 is 0 Å². The van der Waals surface area contributed by atoms with Crippen LogP contribution in [0.15, 0.2) is 22.7 Å². The van der Waals surface area contributed by atoms with Crippen molar-refractivity contribution in [1.29, 1.82) is 0 Å². The largest absolute Gasteiger partial charge is 0.314 e. The molecular formula is C16H23BrFN. The van der Waals surface area contributed by atoms with Crippen LogP contribution in [0.3, 0.4) is 0 Å². The summed E-state index contributed by atoms with van der Waals surface area (Å²) in [5.41, 5.74) is 1.20. The number of rotatable bonds is 7. The molecule has 1 aromatic carbocycles. The highest BCUT2D eigenvalue weighted by atomic mass is 79.9. The summed E-state index contributed by atoms with van der Waals surface area (Å²) in [4.78, 5) is 0. The summed E-state index contributed by atoms with van der Waals surface area (Å²) in [6.07, 6.45) is 7.56. The van der Waals surface area contributed by atoms with E-state index in [2.05, 4.69) is 28.2 Å². The third-order valence-electron chi connectivity index (χ3n) is 4.01. The van der Waals surface area contributed by atoms with Crippen LogP contribution in [0.4, 0.5) is 4.39 Å². The molecule has 0 heterocycles. The fourth-order valence-electron chi connectivity index (χ4n) is 2.67. The molecule has 0 aromatic heterocycles. The topological polar surface area (TPSA) is 12.0 Å². The molecule has 106 valence electrons. The van der Waals surface area contributed by atoms with Crippen molar-refractivity contribution in [1.82, 2.24) is 5.32 Å². The maximum absolute atomic E-state index is 13.1. The van der Waals surface area contributed by atoms with Gasteiger partial charge < -0.3 is 5.32 Å². The normalized spacial score (nSPS) is 17.2. The van der Waals surface area contributed by atoms with Gasteiger partial charge in [-0.15, -0.1) is 0 Å². The van der Waals surface area contributed by atoms with Crippen LogP contribution < -0.4 is 5.32 Å². The lowest BCUT2D eigenvalue weighted by Gasteiger charge is -2.30. The van der Waals surface area contributed by atoms with E-state index in [0.717, 1.165) is 29.8 Å². The Kier molecular flexibility index (Phi) is 5.83. The molecule has 1 atom stereocenters. The molecule has 1 aliphatic rings. The number of benzene rings is 1. The first-order valence-electron chi connectivity index (χ1n) is 7.36. The van der Waals surface area contributed by atoms with Gasteiger partial charge in [0.25, 0.3) is 0 Å². The Morgan fingerprint density at radius 1 is 1.42 bits per heavy atom. The average Bonchev–Trinajstić information content (AvgIpc) is 2.33. The van der Waals surface area contributed by atoms with Gasteiger partial charge >= 0.3 is 0 Å². The van der Waals surface area contributed by atoms with Crippen LogP contribution in [0.2, 0.25) is 0 Å². The second-order valence-corrected chi connectivity index (χ2v) is 6.48. The lowest BCUT2D eigenvalue weighted by atomic mass is 9.80. The molecular weight excluding hydrogens is 305 g/mol. The smallest absolute Gasteiger partial charge is 0.124 e. The number of halogens is 2. The van der Waals surface area contributed by atoms with E-state index in [1.165, 1.54) is 31.2 Å². The van der Waals surface area contributed by atoms with E-state index in [1.807, 2.05) is 6.07 Å². The number of hydrogen-bond donors (Lipinski definition) is 1. The van der Waals surface area contributed by atoms with Crippen LogP contribution in [-0.2, 0) is 6.42 Å². The highest BCUT2D eigenvalue weighted by Crippen LogP contribution is 2.31. The molecule has 1 saturated carbocycles. The zero-order valence-electron chi connectivity index (χ0n) is 11.6. The standard InChI is InChI=1S/C16H23BrFN/c1-2-8-19-15(9-12-4-3-5-12)10-13-6-7-14(18)11-16(13)17/h6-7,11-12,15,19H,2-5,8-10H2,1H3. The monoisotopic (exact) mass is 327 g/mol. The molecule has 1 aromatic rings. The second kappa shape index (κ2) is 7.39. The lowest BCUT2D eigenvalue weighted by Crippen LogP contribution is -2.35. The van der Waals surface area contributed by atoms with Gasteiger partial charge in [-0.05, 0) is 49.4 Å². The lowest BCUT2D eigenvalue weighted by molar-refractivity contribution is 0.259. The number of hydrogen-bond acceptors (Lipinski definition) is 1.